The summed E-state index contributed by atoms with van der Waals surface area (Å²) in [6.45, 7) is 0.419. The lowest BCUT2D eigenvalue weighted by Gasteiger charge is -2.44. The number of hydrogen-bond acceptors (Lipinski definition) is 5. The molecule has 2 aliphatic heterocycles. The van der Waals surface area contributed by atoms with Gasteiger partial charge in [-0.15, -0.1) is 0 Å². The Balaban J connectivity index is 1.29. The molecule has 2 aromatic carbocycles. The second kappa shape index (κ2) is 9.39. The van der Waals surface area contributed by atoms with Crippen LogP contribution < -0.4 is 5.32 Å². The van der Waals surface area contributed by atoms with E-state index in [1.165, 1.54) is 6.07 Å². The zero-order valence-electron chi connectivity index (χ0n) is 20.9. The number of carbonyl (C=O) groups excluding carboxylic acids is 2. The third-order valence-electron chi connectivity index (χ3n) is 7.99. The lowest BCUT2D eigenvalue weighted by atomic mass is 9.83. The van der Waals surface area contributed by atoms with Gasteiger partial charge in [0.1, 0.15) is 0 Å². The number of benzene rings is 2. The van der Waals surface area contributed by atoms with E-state index in [-0.39, 0.29) is 40.4 Å². The third kappa shape index (κ3) is 4.33. The van der Waals surface area contributed by atoms with Gasteiger partial charge < -0.3 is 19.4 Å². The molecule has 1 saturated carbocycles. The average Bonchev–Trinajstić information content (AvgIpc) is 3.54. The number of anilines is 1. The molecular weight excluding hydrogens is 511 g/mol. The summed E-state index contributed by atoms with van der Waals surface area (Å²) in [4.78, 5) is 35.3. The zero-order chi connectivity index (χ0) is 26.5. The van der Waals surface area contributed by atoms with Crippen LogP contribution in [0.4, 0.5) is 14.9 Å². The molecule has 1 aliphatic carbocycles. The topological polar surface area (TPSA) is 96.5 Å². The molecule has 38 heavy (non-hydrogen) atoms. The Labute approximate surface area is 224 Å². The van der Waals surface area contributed by atoms with Crippen molar-refractivity contribution in [2.75, 3.05) is 25.5 Å². The first-order valence-electron chi connectivity index (χ1n) is 12.8. The van der Waals surface area contributed by atoms with Gasteiger partial charge in [-0.05, 0) is 49.8 Å². The van der Waals surface area contributed by atoms with Crippen molar-refractivity contribution < 1.29 is 23.5 Å². The van der Waals surface area contributed by atoms with Crippen molar-refractivity contribution in [3.63, 3.8) is 0 Å². The number of amides is 2. The Hall–Kier alpha value is -3.43. The summed E-state index contributed by atoms with van der Waals surface area (Å²) in [6, 6.07) is 13.0. The molecule has 6 rings (SSSR count). The number of imidazole rings is 1. The fraction of sp³-hybridized carbons (Fsp3) is 0.393. The van der Waals surface area contributed by atoms with Crippen molar-refractivity contribution in [1.29, 1.82) is 0 Å². The fourth-order valence-corrected chi connectivity index (χ4v) is 5.96. The molecule has 1 spiro atoms. The lowest BCUT2D eigenvalue weighted by Crippen LogP contribution is -2.53. The van der Waals surface area contributed by atoms with Crippen LogP contribution in [0, 0.1) is 5.82 Å². The van der Waals surface area contributed by atoms with Gasteiger partial charge in [-0.2, -0.15) is 0 Å². The summed E-state index contributed by atoms with van der Waals surface area (Å²) in [5.74, 6) is -0.852. The van der Waals surface area contributed by atoms with Crippen LogP contribution in [0.1, 0.15) is 65.5 Å². The Morgan fingerprint density at radius 3 is 2.76 bits per heavy atom. The molecule has 1 saturated heterocycles. The van der Waals surface area contributed by atoms with Crippen LogP contribution in [0.25, 0.3) is 0 Å². The van der Waals surface area contributed by atoms with Crippen LogP contribution in [-0.4, -0.2) is 52.7 Å². The first-order valence-corrected chi connectivity index (χ1v) is 13.1. The number of nitrogens with zero attached hydrogens (tertiary/aromatic N) is 2. The maximum absolute atomic E-state index is 15.2. The normalized spacial score (nSPS) is 22.4. The Kier molecular flexibility index (Phi) is 6.15. The van der Waals surface area contributed by atoms with Gasteiger partial charge in [0.15, 0.2) is 17.2 Å². The van der Waals surface area contributed by atoms with Gasteiger partial charge in [0.25, 0.3) is 5.91 Å². The number of aromatic amines is 1. The molecule has 2 N–H and O–H groups in total. The summed E-state index contributed by atoms with van der Waals surface area (Å²) >= 11 is 6.08. The first kappa shape index (κ1) is 24.9. The van der Waals surface area contributed by atoms with Gasteiger partial charge in [-0.3, -0.25) is 10.1 Å². The Morgan fingerprint density at radius 2 is 2.03 bits per heavy atom. The zero-order valence-corrected chi connectivity index (χ0v) is 21.7. The van der Waals surface area contributed by atoms with Gasteiger partial charge in [0.05, 0.1) is 34.1 Å². The minimum absolute atomic E-state index is 0.00551. The van der Waals surface area contributed by atoms with Crippen LogP contribution >= 0.6 is 11.6 Å². The van der Waals surface area contributed by atoms with Crippen molar-refractivity contribution in [2.45, 2.75) is 49.2 Å². The number of H-pyrrole nitrogens is 1. The maximum atomic E-state index is 15.2. The Morgan fingerprint density at radius 1 is 1.24 bits per heavy atom. The van der Waals surface area contributed by atoms with Crippen molar-refractivity contribution in [1.82, 2.24) is 14.9 Å². The fourth-order valence-electron chi connectivity index (χ4n) is 5.80. The van der Waals surface area contributed by atoms with Gasteiger partial charge in [-0.1, -0.05) is 41.9 Å². The van der Waals surface area contributed by atoms with E-state index in [4.69, 9.17) is 26.1 Å². The van der Waals surface area contributed by atoms with E-state index in [0.29, 0.717) is 25.1 Å². The molecule has 3 aliphatic rings. The highest BCUT2D eigenvalue weighted by atomic mass is 35.5. The van der Waals surface area contributed by atoms with E-state index in [1.807, 2.05) is 18.2 Å². The number of hydrogen-bond donors (Lipinski definition) is 2. The molecule has 3 aromatic rings. The van der Waals surface area contributed by atoms with E-state index in [2.05, 4.69) is 22.4 Å². The number of halogens is 2. The van der Waals surface area contributed by atoms with E-state index < -0.39 is 17.5 Å². The number of likely N-dealkylation sites (tertiary alicyclic amines) is 1. The smallest absolute Gasteiger partial charge is 0.412 e. The molecule has 2 atom stereocenters. The van der Waals surface area contributed by atoms with E-state index in [1.54, 1.807) is 24.3 Å². The third-order valence-corrected chi connectivity index (χ3v) is 8.29. The minimum atomic E-state index is -1.33. The average molecular weight is 539 g/mol. The van der Waals surface area contributed by atoms with Crippen molar-refractivity contribution in [2.24, 2.45) is 0 Å². The maximum Gasteiger partial charge on any atom is 0.412 e. The molecule has 2 amide bonds. The van der Waals surface area contributed by atoms with Crippen molar-refractivity contribution in [3.8, 4) is 0 Å². The standard InChI is InChI=1S/C28H28ClFN4O4/c1-37-27(11-12-27)14-18(17-6-3-2-4-7-17)21-15-31-24(32-21)25(35)34-13-5-10-28(16-34)22-20(33-26(36)38-28)9-8-19(29)23(22)30/h2-4,6-9,15,18H,5,10-14,16H2,1H3,(H,31,32)(H,33,36)/t18-,28+/m1/s1. The van der Waals surface area contributed by atoms with Gasteiger partial charge in [0.2, 0.25) is 0 Å². The van der Waals surface area contributed by atoms with E-state index in [9.17, 15) is 9.59 Å². The number of piperidine rings is 1. The predicted molar refractivity (Wildman–Crippen MR) is 139 cm³/mol. The summed E-state index contributed by atoms with van der Waals surface area (Å²) < 4.78 is 26.7. The highest BCUT2D eigenvalue weighted by Gasteiger charge is 2.49. The number of methoxy groups -OCH3 is 1. The lowest BCUT2D eigenvalue weighted by molar-refractivity contribution is -0.0420. The van der Waals surface area contributed by atoms with Gasteiger partial charge in [-0.25, -0.2) is 14.2 Å². The van der Waals surface area contributed by atoms with Crippen LogP contribution in [0.5, 0.6) is 0 Å². The number of ether oxygens (including phenoxy) is 2. The molecule has 2 fully saturated rings. The van der Waals surface area contributed by atoms with E-state index >= 15 is 4.39 Å². The number of nitrogens with one attached hydrogen (secondary N) is 2. The predicted octanol–water partition coefficient (Wildman–Crippen LogP) is 5.60. The minimum Gasteiger partial charge on any atom is -0.436 e. The van der Waals surface area contributed by atoms with Crippen molar-refractivity contribution >= 4 is 29.3 Å². The number of aromatic nitrogens is 2. The second-order valence-corrected chi connectivity index (χ2v) is 10.8. The van der Waals surface area contributed by atoms with Crippen LogP contribution in [0.15, 0.2) is 48.7 Å². The van der Waals surface area contributed by atoms with Crippen LogP contribution in [0.2, 0.25) is 5.02 Å². The number of rotatable bonds is 6. The molecule has 1 aromatic heterocycles. The second-order valence-electron chi connectivity index (χ2n) is 10.4. The summed E-state index contributed by atoms with van der Waals surface area (Å²) in [5, 5.41) is 2.47. The van der Waals surface area contributed by atoms with Gasteiger partial charge in [0, 0.05) is 25.8 Å². The molecule has 10 heteroatoms. The molecule has 0 bridgehead atoms. The van der Waals surface area contributed by atoms with Crippen LogP contribution in [-0.2, 0) is 15.1 Å². The first-order chi connectivity index (χ1) is 18.3. The molecular formula is C28H28ClFN4O4. The summed E-state index contributed by atoms with van der Waals surface area (Å²) in [6.07, 6.45) is 4.72. The van der Waals surface area contributed by atoms with Crippen LogP contribution in [0.3, 0.4) is 0 Å². The molecule has 8 nitrogen and oxygen atoms in total. The van der Waals surface area contributed by atoms with Gasteiger partial charge >= 0.3 is 6.09 Å². The molecule has 198 valence electrons. The quantitative estimate of drug-likeness (QED) is 0.426. The summed E-state index contributed by atoms with van der Waals surface area (Å²) in [5.41, 5.74) is 0.825. The number of fused-ring (bicyclic) bond motifs is 2. The molecule has 3 heterocycles. The SMILES string of the molecule is COC1(C[C@H](c2ccccc2)c2c[nH]c(C(=O)N3CCC[C@@]4(C3)OC(=O)Nc3ccc(Cl)c(F)c34)n2)CC1. The molecule has 0 unspecified atom stereocenters. The summed E-state index contributed by atoms with van der Waals surface area (Å²) in [7, 11) is 1.74. The molecule has 0 radical (unpaired) electrons. The van der Waals surface area contributed by atoms with Crippen molar-refractivity contribution in [3.05, 3.63) is 82.1 Å². The monoisotopic (exact) mass is 538 g/mol. The number of carbonyl (C=O) groups is 2. The highest BCUT2D eigenvalue weighted by Crippen LogP contribution is 2.48. The van der Waals surface area contributed by atoms with E-state index in [0.717, 1.165) is 30.5 Å². The highest BCUT2D eigenvalue weighted by molar-refractivity contribution is 6.31. The Bertz CT molecular complexity index is 1390. The largest absolute Gasteiger partial charge is 0.436 e.